The van der Waals surface area contributed by atoms with Crippen LogP contribution in [0.2, 0.25) is 0 Å². The third kappa shape index (κ3) is 3.03. The molecule has 0 fully saturated rings. The number of rotatable bonds is 5. The summed E-state index contributed by atoms with van der Waals surface area (Å²) in [5, 5.41) is 21.7. The first-order chi connectivity index (χ1) is 13.8. The molecule has 5 rings (SSSR count). The number of hydrogen-bond acceptors (Lipinski definition) is 6. The number of ether oxygens (including phenoxy) is 1. The Labute approximate surface area is 164 Å². The standard InChI is InChI=1S/C20H16N6OS/c1-27-15-9-7-13(8-10-15)11-18-25-26-19(23-24-20(26)28-18)17-12-16(21-22-17)14-5-3-2-4-6-14/h2-10,12H,11H2,1H3,(H,21,22). The fraction of sp³-hybridized carbons (Fsp3) is 0.100. The summed E-state index contributed by atoms with van der Waals surface area (Å²) in [6, 6.07) is 20.0. The van der Waals surface area contributed by atoms with Crippen molar-refractivity contribution in [2.45, 2.75) is 6.42 Å². The van der Waals surface area contributed by atoms with Gasteiger partial charge < -0.3 is 4.74 Å². The number of nitrogens with zero attached hydrogens (tertiary/aromatic N) is 5. The SMILES string of the molecule is COc1ccc(Cc2nn3c(-c4cc(-c5ccccc5)n[nH]4)nnc3s2)cc1. The highest BCUT2D eigenvalue weighted by molar-refractivity contribution is 7.16. The zero-order chi connectivity index (χ0) is 18.9. The van der Waals surface area contributed by atoms with Crippen LogP contribution < -0.4 is 4.74 Å². The van der Waals surface area contributed by atoms with Crippen LogP contribution in [-0.4, -0.2) is 37.1 Å². The van der Waals surface area contributed by atoms with Gasteiger partial charge in [-0.05, 0) is 23.8 Å². The number of methoxy groups -OCH3 is 1. The van der Waals surface area contributed by atoms with E-state index in [4.69, 9.17) is 9.84 Å². The first-order valence-corrected chi connectivity index (χ1v) is 9.57. The van der Waals surface area contributed by atoms with Gasteiger partial charge in [-0.2, -0.15) is 14.7 Å². The van der Waals surface area contributed by atoms with Crippen LogP contribution in [-0.2, 0) is 6.42 Å². The Hall–Kier alpha value is -3.52. The van der Waals surface area contributed by atoms with Crippen molar-refractivity contribution in [1.29, 1.82) is 0 Å². The number of benzene rings is 2. The summed E-state index contributed by atoms with van der Waals surface area (Å²) in [5.74, 6) is 1.50. The maximum Gasteiger partial charge on any atom is 0.235 e. The van der Waals surface area contributed by atoms with Gasteiger partial charge in [-0.1, -0.05) is 53.8 Å². The molecular weight excluding hydrogens is 372 g/mol. The summed E-state index contributed by atoms with van der Waals surface area (Å²) in [6.45, 7) is 0. The third-order valence-electron chi connectivity index (χ3n) is 4.44. The van der Waals surface area contributed by atoms with Crippen LogP contribution in [0.15, 0.2) is 60.7 Å². The van der Waals surface area contributed by atoms with Gasteiger partial charge in [0.05, 0.1) is 12.8 Å². The minimum atomic E-state index is 0.655. The zero-order valence-corrected chi connectivity index (χ0v) is 15.8. The molecule has 0 amide bonds. The van der Waals surface area contributed by atoms with E-state index in [2.05, 4.69) is 20.4 Å². The maximum atomic E-state index is 5.21. The molecule has 0 aliphatic carbocycles. The third-order valence-corrected chi connectivity index (χ3v) is 5.33. The second-order valence-corrected chi connectivity index (χ2v) is 7.31. The lowest BCUT2D eigenvalue weighted by molar-refractivity contribution is 0.414. The summed E-state index contributed by atoms with van der Waals surface area (Å²) in [7, 11) is 1.66. The van der Waals surface area contributed by atoms with Gasteiger partial charge in [0.1, 0.15) is 16.5 Å². The van der Waals surface area contributed by atoms with Crippen LogP contribution in [0.4, 0.5) is 0 Å². The van der Waals surface area contributed by atoms with E-state index in [1.165, 1.54) is 16.9 Å². The molecule has 0 aliphatic rings. The highest BCUT2D eigenvalue weighted by Gasteiger charge is 2.16. The summed E-state index contributed by atoms with van der Waals surface area (Å²) in [4.78, 5) is 0.759. The fourth-order valence-electron chi connectivity index (χ4n) is 3.01. The zero-order valence-electron chi connectivity index (χ0n) is 15.0. The summed E-state index contributed by atoms with van der Waals surface area (Å²) in [5.41, 5.74) is 3.86. The monoisotopic (exact) mass is 388 g/mol. The predicted octanol–water partition coefficient (Wildman–Crippen LogP) is 3.84. The Kier molecular flexibility index (Phi) is 4.10. The quantitative estimate of drug-likeness (QED) is 0.495. The van der Waals surface area contributed by atoms with Gasteiger partial charge in [0.15, 0.2) is 0 Å². The highest BCUT2D eigenvalue weighted by Crippen LogP contribution is 2.25. The van der Waals surface area contributed by atoms with E-state index in [-0.39, 0.29) is 0 Å². The minimum Gasteiger partial charge on any atom is -0.497 e. The van der Waals surface area contributed by atoms with Gasteiger partial charge in [-0.3, -0.25) is 5.10 Å². The Balaban J connectivity index is 1.44. The molecule has 1 N–H and O–H groups in total. The molecule has 0 spiro atoms. The number of aromatic amines is 1. The molecule has 0 aliphatic heterocycles. The normalized spacial score (nSPS) is 11.2. The lowest BCUT2D eigenvalue weighted by atomic mass is 10.1. The molecule has 2 aromatic carbocycles. The first-order valence-electron chi connectivity index (χ1n) is 8.75. The molecule has 0 unspecified atom stereocenters. The van der Waals surface area contributed by atoms with Gasteiger partial charge >= 0.3 is 0 Å². The number of fused-ring (bicyclic) bond motifs is 1. The van der Waals surface area contributed by atoms with E-state index in [1.54, 1.807) is 11.6 Å². The van der Waals surface area contributed by atoms with Gasteiger partial charge in [0.25, 0.3) is 0 Å². The molecule has 8 heteroatoms. The number of hydrogen-bond donors (Lipinski definition) is 1. The highest BCUT2D eigenvalue weighted by atomic mass is 32.1. The van der Waals surface area contributed by atoms with Crippen molar-refractivity contribution in [1.82, 2.24) is 30.0 Å². The summed E-state index contributed by atoms with van der Waals surface area (Å²) in [6.07, 6.45) is 0.732. The number of aromatic nitrogens is 6. The van der Waals surface area contributed by atoms with Crippen molar-refractivity contribution in [2.24, 2.45) is 0 Å². The van der Waals surface area contributed by atoms with Crippen LogP contribution in [0.3, 0.4) is 0 Å². The van der Waals surface area contributed by atoms with Crippen LogP contribution in [0.5, 0.6) is 5.75 Å². The molecule has 0 atom stereocenters. The van der Waals surface area contributed by atoms with Gasteiger partial charge in [0.2, 0.25) is 10.8 Å². The second-order valence-electron chi connectivity index (χ2n) is 6.27. The Morgan fingerprint density at radius 1 is 1.04 bits per heavy atom. The Morgan fingerprint density at radius 3 is 2.64 bits per heavy atom. The molecule has 138 valence electrons. The molecule has 3 heterocycles. The van der Waals surface area contributed by atoms with Crippen LogP contribution in [0.25, 0.3) is 27.7 Å². The van der Waals surface area contributed by atoms with E-state index < -0.39 is 0 Å². The van der Waals surface area contributed by atoms with Crippen molar-refractivity contribution < 1.29 is 4.74 Å². The van der Waals surface area contributed by atoms with Crippen LogP contribution in [0, 0.1) is 0 Å². The number of H-pyrrole nitrogens is 1. The largest absolute Gasteiger partial charge is 0.497 e. The Morgan fingerprint density at radius 2 is 1.86 bits per heavy atom. The van der Waals surface area contributed by atoms with Crippen molar-refractivity contribution in [3.63, 3.8) is 0 Å². The van der Waals surface area contributed by atoms with Crippen molar-refractivity contribution in [2.75, 3.05) is 7.11 Å². The molecule has 5 aromatic rings. The van der Waals surface area contributed by atoms with Gasteiger partial charge in [0, 0.05) is 12.0 Å². The predicted molar refractivity (Wildman–Crippen MR) is 107 cm³/mol. The van der Waals surface area contributed by atoms with Gasteiger partial charge in [-0.15, -0.1) is 10.2 Å². The molecule has 0 radical (unpaired) electrons. The van der Waals surface area contributed by atoms with Gasteiger partial charge in [-0.25, -0.2) is 0 Å². The fourth-order valence-corrected chi connectivity index (χ4v) is 3.87. The average molecular weight is 388 g/mol. The van der Waals surface area contributed by atoms with E-state index in [9.17, 15) is 0 Å². The van der Waals surface area contributed by atoms with Crippen LogP contribution >= 0.6 is 11.3 Å². The molecule has 0 saturated heterocycles. The molecule has 28 heavy (non-hydrogen) atoms. The lowest BCUT2D eigenvalue weighted by Gasteiger charge is -2.01. The van der Waals surface area contributed by atoms with Crippen LogP contribution in [0.1, 0.15) is 10.6 Å². The smallest absolute Gasteiger partial charge is 0.235 e. The molecule has 3 aromatic heterocycles. The minimum absolute atomic E-state index is 0.655. The van der Waals surface area contributed by atoms with Crippen molar-refractivity contribution in [3.05, 3.63) is 71.2 Å². The average Bonchev–Trinajstić information content (AvgIpc) is 3.45. The van der Waals surface area contributed by atoms with E-state index in [0.717, 1.165) is 39.1 Å². The molecule has 0 bridgehead atoms. The lowest BCUT2D eigenvalue weighted by Crippen LogP contribution is -1.94. The van der Waals surface area contributed by atoms with E-state index >= 15 is 0 Å². The first kappa shape index (κ1) is 16.6. The van der Waals surface area contributed by atoms with E-state index in [1.807, 2.05) is 60.7 Å². The van der Waals surface area contributed by atoms with Crippen molar-refractivity contribution >= 4 is 16.3 Å². The summed E-state index contributed by atoms with van der Waals surface area (Å²) >= 11 is 1.53. The Bertz CT molecular complexity index is 1220. The second kappa shape index (κ2) is 6.90. The molecular formula is C20H16N6OS. The number of nitrogens with one attached hydrogen (secondary N) is 1. The van der Waals surface area contributed by atoms with Crippen molar-refractivity contribution in [3.8, 4) is 28.5 Å². The maximum absolute atomic E-state index is 5.21. The molecule has 0 saturated carbocycles. The molecule has 7 nitrogen and oxygen atoms in total. The summed E-state index contributed by atoms with van der Waals surface area (Å²) < 4.78 is 6.98. The topological polar surface area (TPSA) is 81.0 Å². The van der Waals surface area contributed by atoms with E-state index in [0.29, 0.717) is 5.82 Å².